The number of fused-ring (bicyclic) bond motifs is 1. The molecule has 1 aromatic heterocycles. The zero-order valence-electron chi connectivity index (χ0n) is 13.0. The molecule has 0 aromatic carbocycles. The van der Waals surface area contributed by atoms with Gasteiger partial charge in [0.05, 0.1) is 11.3 Å². The first-order valence-electron chi connectivity index (χ1n) is 7.61. The normalized spacial score (nSPS) is 24.2. The minimum atomic E-state index is 0.112. The SMILES string of the molecule is CSC1CCN(C(C)c2cnc3c(c2)C(=O)N(C)CC3)C1. The Hall–Kier alpha value is -1.07. The maximum atomic E-state index is 12.3. The zero-order valence-corrected chi connectivity index (χ0v) is 13.8. The maximum Gasteiger partial charge on any atom is 0.255 e. The number of hydrogen-bond acceptors (Lipinski definition) is 4. The van der Waals surface area contributed by atoms with Gasteiger partial charge in [-0.25, -0.2) is 0 Å². The van der Waals surface area contributed by atoms with Gasteiger partial charge in [0.25, 0.3) is 5.91 Å². The Morgan fingerprint density at radius 2 is 2.24 bits per heavy atom. The van der Waals surface area contributed by atoms with Gasteiger partial charge in [-0.2, -0.15) is 11.8 Å². The third kappa shape index (κ3) is 2.81. The molecule has 0 N–H and O–H groups in total. The highest BCUT2D eigenvalue weighted by Gasteiger charge is 2.28. The molecule has 1 fully saturated rings. The van der Waals surface area contributed by atoms with Crippen molar-refractivity contribution >= 4 is 17.7 Å². The summed E-state index contributed by atoms with van der Waals surface area (Å²) in [5, 5.41) is 0.741. The number of amides is 1. The van der Waals surface area contributed by atoms with Gasteiger partial charge >= 0.3 is 0 Å². The van der Waals surface area contributed by atoms with Gasteiger partial charge in [0.1, 0.15) is 0 Å². The third-order valence-electron chi connectivity index (χ3n) is 4.79. The number of aromatic nitrogens is 1. The maximum absolute atomic E-state index is 12.3. The summed E-state index contributed by atoms with van der Waals surface area (Å²) in [5.74, 6) is 0.112. The van der Waals surface area contributed by atoms with E-state index in [-0.39, 0.29) is 5.91 Å². The van der Waals surface area contributed by atoms with E-state index in [0.717, 1.165) is 42.6 Å². The molecule has 0 radical (unpaired) electrons. The van der Waals surface area contributed by atoms with Gasteiger partial charge in [-0.1, -0.05) is 0 Å². The second-order valence-electron chi connectivity index (χ2n) is 6.06. The fourth-order valence-corrected chi connectivity index (χ4v) is 3.89. The van der Waals surface area contributed by atoms with E-state index in [1.165, 1.54) is 12.0 Å². The molecular weight excluding hydrogens is 282 g/mol. The quantitative estimate of drug-likeness (QED) is 0.858. The van der Waals surface area contributed by atoms with Gasteiger partial charge < -0.3 is 4.90 Å². The zero-order chi connectivity index (χ0) is 15.0. The van der Waals surface area contributed by atoms with Crippen molar-refractivity contribution in [2.75, 3.05) is 32.9 Å². The van der Waals surface area contributed by atoms with Gasteiger partial charge in [0.2, 0.25) is 0 Å². The van der Waals surface area contributed by atoms with Crippen LogP contribution in [-0.2, 0) is 6.42 Å². The molecular formula is C16H23N3OS. The highest BCUT2D eigenvalue weighted by atomic mass is 32.2. The Morgan fingerprint density at radius 1 is 1.43 bits per heavy atom. The Balaban J connectivity index is 1.82. The largest absolute Gasteiger partial charge is 0.341 e. The van der Waals surface area contributed by atoms with Crippen molar-refractivity contribution in [2.45, 2.75) is 31.1 Å². The van der Waals surface area contributed by atoms with E-state index in [0.29, 0.717) is 6.04 Å². The molecule has 0 saturated carbocycles. The van der Waals surface area contributed by atoms with Gasteiger partial charge in [-0.3, -0.25) is 14.7 Å². The molecule has 2 aliphatic heterocycles. The van der Waals surface area contributed by atoms with E-state index in [1.54, 1.807) is 4.90 Å². The molecule has 0 bridgehead atoms. The number of likely N-dealkylation sites (tertiary alicyclic amines) is 1. The summed E-state index contributed by atoms with van der Waals surface area (Å²) >= 11 is 1.95. The first-order valence-corrected chi connectivity index (χ1v) is 8.90. The van der Waals surface area contributed by atoms with Gasteiger partial charge in [0, 0.05) is 44.0 Å². The van der Waals surface area contributed by atoms with Crippen LogP contribution >= 0.6 is 11.8 Å². The molecule has 1 amide bonds. The van der Waals surface area contributed by atoms with Gasteiger partial charge in [-0.05, 0) is 37.8 Å². The highest BCUT2D eigenvalue weighted by molar-refractivity contribution is 7.99. The van der Waals surface area contributed by atoms with E-state index in [9.17, 15) is 4.79 Å². The van der Waals surface area contributed by atoms with Crippen LogP contribution in [0.15, 0.2) is 12.3 Å². The van der Waals surface area contributed by atoms with Crippen molar-refractivity contribution < 1.29 is 4.79 Å². The molecule has 5 heteroatoms. The minimum Gasteiger partial charge on any atom is -0.341 e. The summed E-state index contributed by atoms with van der Waals surface area (Å²) in [7, 11) is 1.87. The van der Waals surface area contributed by atoms with Crippen LogP contribution in [0.25, 0.3) is 0 Å². The molecule has 3 rings (SSSR count). The second-order valence-corrected chi connectivity index (χ2v) is 7.19. The number of thioether (sulfide) groups is 1. The molecule has 2 aliphatic rings. The lowest BCUT2D eigenvalue weighted by Gasteiger charge is -2.27. The number of hydrogen-bond donors (Lipinski definition) is 0. The summed E-state index contributed by atoms with van der Waals surface area (Å²) in [6, 6.07) is 2.40. The predicted molar refractivity (Wildman–Crippen MR) is 86.8 cm³/mol. The lowest BCUT2D eigenvalue weighted by molar-refractivity contribution is 0.0779. The minimum absolute atomic E-state index is 0.112. The molecule has 1 saturated heterocycles. The average molecular weight is 305 g/mol. The molecule has 1 aromatic rings. The van der Waals surface area contributed by atoms with Crippen LogP contribution < -0.4 is 0 Å². The molecule has 2 unspecified atom stereocenters. The lowest BCUT2D eigenvalue weighted by Crippen LogP contribution is -2.35. The number of rotatable bonds is 3. The predicted octanol–water partition coefficient (Wildman–Crippen LogP) is 2.21. The first-order chi connectivity index (χ1) is 10.1. The van der Waals surface area contributed by atoms with Crippen LogP contribution in [0.3, 0.4) is 0 Å². The Morgan fingerprint density at radius 3 is 2.95 bits per heavy atom. The second kappa shape index (κ2) is 5.97. The number of nitrogens with zero attached hydrogens (tertiary/aromatic N) is 3. The van der Waals surface area contributed by atoms with Gasteiger partial charge in [0.15, 0.2) is 0 Å². The number of carbonyl (C=O) groups is 1. The molecule has 2 atom stereocenters. The monoisotopic (exact) mass is 305 g/mol. The van der Waals surface area contributed by atoms with Crippen molar-refractivity contribution in [3.63, 3.8) is 0 Å². The Labute approximate surface area is 130 Å². The van der Waals surface area contributed by atoms with Crippen molar-refractivity contribution in [2.24, 2.45) is 0 Å². The van der Waals surface area contributed by atoms with E-state index in [2.05, 4.69) is 29.1 Å². The van der Waals surface area contributed by atoms with E-state index in [1.807, 2.05) is 25.0 Å². The standard InChI is InChI=1S/C16H23N3OS/c1-11(19-7-4-13(10-19)21-3)12-8-14-15(17-9-12)5-6-18(2)16(14)20/h8-9,11,13H,4-7,10H2,1-3H3. The fourth-order valence-electron chi connectivity index (χ4n) is 3.21. The molecule has 0 aliphatic carbocycles. The Bertz CT molecular complexity index is 548. The van der Waals surface area contributed by atoms with Crippen molar-refractivity contribution in [3.05, 3.63) is 29.1 Å². The molecule has 4 nitrogen and oxygen atoms in total. The summed E-state index contributed by atoms with van der Waals surface area (Å²) < 4.78 is 0. The van der Waals surface area contributed by atoms with Gasteiger partial charge in [-0.15, -0.1) is 0 Å². The highest BCUT2D eigenvalue weighted by Crippen LogP contribution is 2.30. The van der Waals surface area contributed by atoms with E-state index >= 15 is 0 Å². The summed E-state index contributed by atoms with van der Waals surface area (Å²) in [4.78, 5) is 21.1. The average Bonchev–Trinajstić information content (AvgIpc) is 2.99. The smallest absolute Gasteiger partial charge is 0.255 e. The van der Waals surface area contributed by atoms with Crippen molar-refractivity contribution in [1.82, 2.24) is 14.8 Å². The number of pyridine rings is 1. The van der Waals surface area contributed by atoms with Crippen LogP contribution in [0.2, 0.25) is 0 Å². The molecule has 3 heterocycles. The number of carbonyl (C=O) groups excluding carboxylic acids is 1. The molecule has 0 spiro atoms. The number of likely N-dealkylation sites (N-methyl/N-ethyl adjacent to an activating group) is 1. The molecule has 21 heavy (non-hydrogen) atoms. The summed E-state index contributed by atoms with van der Waals surface area (Å²) in [6.07, 6.45) is 6.28. The summed E-state index contributed by atoms with van der Waals surface area (Å²) in [5.41, 5.74) is 2.92. The summed E-state index contributed by atoms with van der Waals surface area (Å²) in [6.45, 7) is 5.27. The molecule has 114 valence electrons. The van der Waals surface area contributed by atoms with Crippen LogP contribution in [-0.4, -0.2) is 58.9 Å². The fraction of sp³-hybridized carbons (Fsp3) is 0.625. The Kier molecular flexibility index (Phi) is 4.22. The van der Waals surface area contributed by atoms with Crippen LogP contribution in [0.1, 0.15) is 41.0 Å². The van der Waals surface area contributed by atoms with Crippen molar-refractivity contribution in [3.8, 4) is 0 Å². The first kappa shape index (κ1) is 14.9. The van der Waals surface area contributed by atoms with Crippen LogP contribution in [0.4, 0.5) is 0 Å². The lowest BCUT2D eigenvalue weighted by atomic mass is 10.0. The van der Waals surface area contributed by atoms with Crippen LogP contribution in [0, 0.1) is 0 Å². The van der Waals surface area contributed by atoms with Crippen LogP contribution in [0.5, 0.6) is 0 Å². The van der Waals surface area contributed by atoms with E-state index < -0.39 is 0 Å². The topological polar surface area (TPSA) is 36.4 Å². The third-order valence-corrected chi connectivity index (χ3v) is 5.84. The van der Waals surface area contributed by atoms with E-state index in [4.69, 9.17) is 0 Å². The van der Waals surface area contributed by atoms with Crippen molar-refractivity contribution in [1.29, 1.82) is 0 Å².